The summed E-state index contributed by atoms with van der Waals surface area (Å²) in [4.78, 5) is 19.2. The molecule has 43 heavy (non-hydrogen) atoms. The van der Waals surface area contributed by atoms with E-state index in [0.29, 0.717) is 24.1 Å². The Balaban J connectivity index is 1.23. The van der Waals surface area contributed by atoms with Gasteiger partial charge in [0.25, 0.3) is 0 Å². The van der Waals surface area contributed by atoms with Gasteiger partial charge in [-0.05, 0) is 79.1 Å². The molecule has 0 radical (unpaired) electrons. The van der Waals surface area contributed by atoms with Crippen LogP contribution in [0.1, 0.15) is 48.1 Å². The van der Waals surface area contributed by atoms with Gasteiger partial charge in [-0.2, -0.15) is 0 Å². The van der Waals surface area contributed by atoms with E-state index in [4.69, 9.17) is 9.72 Å². The summed E-state index contributed by atoms with van der Waals surface area (Å²) in [5, 5.41) is 4.68. The van der Waals surface area contributed by atoms with Gasteiger partial charge in [-0.3, -0.25) is 9.88 Å². The number of morpholine rings is 1. The molecule has 1 saturated carbocycles. The quantitative estimate of drug-likeness (QED) is 0.332. The monoisotopic (exact) mass is 602 g/mol. The number of hydrogen-bond donors (Lipinski definition) is 2. The minimum absolute atomic E-state index is 0.308. The molecule has 224 valence electrons. The number of aromatic nitrogens is 4. The fourth-order valence-corrected chi connectivity index (χ4v) is 7.84. The van der Waals surface area contributed by atoms with Gasteiger partial charge in [-0.1, -0.05) is 12.1 Å². The second-order valence-corrected chi connectivity index (χ2v) is 13.9. The van der Waals surface area contributed by atoms with Crippen LogP contribution in [0.25, 0.3) is 17.1 Å². The number of allylic oxidation sites excluding steroid dienone is 1. The number of fused-ring (bicyclic) bond motifs is 3. The van der Waals surface area contributed by atoms with Crippen molar-refractivity contribution in [2.45, 2.75) is 54.5 Å². The molecule has 3 aliphatic rings. The zero-order valence-corrected chi connectivity index (χ0v) is 24.9. The number of nitrogens with zero attached hydrogens (tertiary/aromatic N) is 4. The average Bonchev–Trinajstić information content (AvgIpc) is 3.40. The molecular weight excluding hydrogens is 567 g/mol. The SMILES string of the molecule is CS(=O)(=O)c1ccc(C2(c3ccncc3)C=Cc3[nH]c4ncnc(NC5CCC(N6CCOCC6)CC5)c4c3C2)cc1F. The molecular formula is C32H35FN6O3S. The van der Waals surface area contributed by atoms with Crippen LogP contribution in [0, 0.1) is 5.82 Å². The molecule has 2 aliphatic carbocycles. The second-order valence-electron chi connectivity index (χ2n) is 11.9. The predicted octanol–water partition coefficient (Wildman–Crippen LogP) is 4.51. The molecule has 1 saturated heterocycles. The molecule has 7 rings (SSSR count). The maximum Gasteiger partial charge on any atom is 0.178 e. The second kappa shape index (κ2) is 11.1. The number of rotatable bonds is 6. The Morgan fingerprint density at radius 1 is 1.05 bits per heavy atom. The smallest absolute Gasteiger partial charge is 0.178 e. The fourth-order valence-electron chi connectivity index (χ4n) is 7.12. The number of nitrogens with one attached hydrogen (secondary N) is 2. The van der Waals surface area contributed by atoms with Crippen molar-refractivity contribution in [3.63, 3.8) is 0 Å². The molecule has 1 aliphatic heterocycles. The Morgan fingerprint density at radius 3 is 2.53 bits per heavy atom. The summed E-state index contributed by atoms with van der Waals surface area (Å²) in [6.45, 7) is 3.66. The summed E-state index contributed by atoms with van der Waals surface area (Å²) >= 11 is 0. The van der Waals surface area contributed by atoms with Gasteiger partial charge in [0.05, 0.1) is 18.6 Å². The third-order valence-corrected chi connectivity index (χ3v) is 10.5. The van der Waals surface area contributed by atoms with E-state index in [2.05, 4.69) is 31.2 Å². The van der Waals surface area contributed by atoms with E-state index in [9.17, 15) is 8.42 Å². The van der Waals surface area contributed by atoms with Crippen LogP contribution in [0.2, 0.25) is 0 Å². The van der Waals surface area contributed by atoms with Crippen molar-refractivity contribution in [3.8, 4) is 0 Å². The molecule has 3 aromatic heterocycles. The first-order valence-corrected chi connectivity index (χ1v) is 16.7. The van der Waals surface area contributed by atoms with E-state index in [1.54, 1.807) is 24.8 Å². The number of benzene rings is 1. The number of hydrogen-bond acceptors (Lipinski definition) is 8. The first kappa shape index (κ1) is 28.1. The summed E-state index contributed by atoms with van der Waals surface area (Å²) < 4.78 is 45.2. The number of ether oxygens (including phenoxy) is 1. The van der Waals surface area contributed by atoms with Gasteiger partial charge in [0.15, 0.2) is 9.84 Å². The van der Waals surface area contributed by atoms with E-state index in [1.807, 2.05) is 18.2 Å². The molecule has 9 nitrogen and oxygen atoms in total. The zero-order chi connectivity index (χ0) is 29.6. The molecule has 2 N–H and O–H groups in total. The van der Waals surface area contributed by atoms with Gasteiger partial charge < -0.3 is 15.0 Å². The first-order chi connectivity index (χ1) is 20.8. The van der Waals surface area contributed by atoms with Crippen LogP contribution < -0.4 is 5.32 Å². The highest BCUT2D eigenvalue weighted by atomic mass is 32.2. The Bertz CT molecular complexity index is 1780. The Labute approximate surface area is 250 Å². The number of aromatic amines is 1. The van der Waals surface area contributed by atoms with E-state index in [-0.39, 0.29) is 4.90 Å². The molecule has 1 aromatic carbocycles. The van der Waals surface area contributed by atoms with Crippen LogP contribution in [-0.2, 0) is 26.4 Å². The van der Waals surface area contributed by atoms with E-state index in [1.165, 1.54) is 12.1 Å². The summed E-state index contributed by atoms with van der Waals surface area (Å²) in [6, 6.07) is 9.20. The molecule has 4 aromatic rings. The molecule has 0 bridgehead atoms. The van der Waals surface area contributed by atoms with Crippen molar-refractivity contribution in [1.82, 2.24) is 24.8 Å². The van der Waals surface area contributed by atoms with Gasteiger partial charge in [-0.15, -0.1) is 0 Å². The molecule has 1 unspecified atom stereocenters. The van der Waals surface area contributed by atoms with Crippen molar-refractivity contribution in [2.75, 3.05) is 37.9 Å². The van der Waals surface area contributed by atoms with Gasteiger partial charge >= 0.3 is 0 Å². The van der Waals surface area contributed by atoms with Crippen LogP contribution in [0.5, 0.6) is 0 Å². The number of pyridine rings is 1. The van der Waals surface area contributed by atoms with Crippen molar-refractivity contribution in [2.24, 2.45) is 0 Å². The number of H-pyrrole nitrogens is 1. The minimum atomic E-state index is -3.70. The largest absolute Gasteiger partial charge is 0.379 e. The summed E-state index contributed by atoms with van der Waals surface area (Å²) in [7, 11) is -3.70. The molecule has 0 amide bonds. The third kappa shape index (κ3) is 5.23. The lowest BCUT2D eigenvalue weighted by molar-refractivity contribution is 0.00791. The Kier molecular flexibility index (Phi) is 7.27. The maximum absolute atomic E-state index is 15.3. The Morgan fingerprint density at radius 2 is 1.81 bits per heavy atom. The Hall–Kier alpha value is -3.67. The molecule has 4 heterocycles. The average molecular weight is 603 g/mol. The number of sulfone groups is 1. The van der Waals surface area contributed by atoms with Gasteiger partial charge in [-0.25, -0.2) is 22.8 Å². The predicted molar refractivity (Wildman–Crippen MR) is 163 cm³/mol. The van der Waals surface area contributed by atoms with Crippen molar-refractivity contribution in [1.29, 1.82) is 0 Å². The van der Waals surface area contributed by atoms with Gasteiger partial charge in [0, 0.05) is 54.9 Å². The zero-order valence-electron chi connectivity index (χ0n) is 24.1. The summed E-state index contributed by atoms with van der Waals surface area (Å²) in [5.41, 5.74) is 3.55. The van der Waals surface area contributed by atoms with Crippen molar-refractivity contribution >= 4 is 32.8 Å². The minimum Gasteiger partial charge on any atom is -0.379 e. The third-order valence-electron chi connectivity index (χ3n) is 9.36. The highest BCUT2D eigenvalue weighted by molar-refractivity contribution is 7.90. The highest BCUT2D eigenvalue weighted by Gasteiger charge is 2.38. The molecule has 0 spiro atoms. The lowest BCUT2D eigenvalue weighted by atomic mass is 9.68. The molecule has 2 fully saturated rings. The van der Waals surface area contributed by atoms with E-state index < -0.39 is 21.1 Å². The van der Waals surface area contributed by atoms with E-state index >= 15 is 4.39 Å². The van der Waals surface area contributed by atoms with Crippen LogP contribution in [0.3, 0.4) is 0 Å². The number of halogens is 1. The van der Waals surface area contributed by atoms with Crippen LogP contribution in [0.4, 0.5) is 10.2 Å². The normalized spacial score (nSPS) is 24.6. The van der Waals surface area contributed by atoms with Crippen LogP contribution in [-0.4, -0.2) is 77.9 Å². The standard InChI is InChI=1S/C32H35FN6O3S/c1-43(40,41)28-7-2-22(18-26(28)33)32(21-9-12-34-13-10-21)11-8-27-25(19-32)29-30(35-20-36-31(29)38-27)37-23-3-5-24(6-4-23)39-14-16-42-17-15-39/h2,7-13,18,20,23-24H,3-6,14-17,19H2,1H3,(H2,35,36,37,38). The first-order valence-electron chi connectivity index (χ1n) is 14.9. The topological polar surface area (TPSA) is 113 Å². The van der Waals surface area contributed by atoms with Crippen LogP contribution in [0.15, 0.2) is 60.0 Å². The van der Waals surface area contributed by atoms with Crippen molar-refractivity contribution < 1.29 is 17.5 Å². The fraction of sp³-hybridized carbons (Fsp3) is 0.406. The highest BCUT2D eigenvalue weighted by Crippen LogP contribution is 2.45. The number of anilines is 1. The van der Waals surface area contributed by atoms with E-state index in [0.717, 1.165) is 91.9 Å². The van der Waals surface area contributed by atoms with Crippen LogP contribution >= 0.6 is 0 Å². The lowest BCUT2D eigenvalue weighted by Crippen LogP contribution is -2.46. The summed E-state index contributed by atoms with van der Waals surface area (Å²) in [5.74, 6) is 0.0415. The van der Waals surface area contributed by atoms with Gasteiger partial charge in [0.2, 0.25) is 0 Å². The summed E-state index contributed by atoms with van der Waals surface area (Å²) in [6.07, 6.45) is 15.0. The maximum atomic E-state index is 15.3. The molecule has 11 heteroatoms. The van der Waals surface area contributed by atoms with Crippen molar-refractivity contribution in [3.05, 3.63) is 83.3 Å². The molecule has 1 atom stereocenters. The van der Waals surface area contributed by atoms with Gasteiger partial charge in [0.1, 0.15) is 28.5 Å². The lowest BCUT2D eigenvalue weighted by Gasteiger charge is -2.39.